The Balaban J connectivity index is 1.30. The van der Waals surface area contributed by atoms with Gasteiger partial charge in [-0.1, -0.05) is 6.07 Å². The highest BCUT2D eigenvalue weighted by molar-refractivity contribution is 5.92. The SMILES string of the molecule is N#CCC1(Cn2c(Cc3cc(F)c(-c4ncc(F)c(OCc5ccc(C#N)cc5F)n4)cc3F)nc3ccc(C(=O)O)cc32)CC1. The minimum absolute atomic E-state index is 0.0191. The third kappa shape index (κ3) is 5.95. The predicted octanol–water partition coefficient (Wildman–Crippen LogP) is 6.48. The van der Waals surface area contributed by atoms with Gasteiger partial charge in [-0.05, 0) is 60.9 Å². The molecular weight excluding hydrogens is 604 g/mol. The highest BCUT2D eigenvalue weighted by Gasteiger charge is 2.43. The van der Waals surface area contributed by atoms with E-state index in [2.05, 4.69) is 21.0 Å². The van der Waals surface area contributed by atoms with E-state index in [9.17, 15) is 23.9 Å². The van der Waals surface area contributed by atoms with Crippen LogP contribution in [0.4, 0.5) is 17.6 Å². The molecule has 5 aromatic rings. The van der Waals surface area contributed by atoms with Gasteiger partial charge in [0, 0.05) is 30.4 Å². The number of nitrogens with zero attached hydrogens (tertiary/aromatic N) is 6. The van der Waals surface area contributed by atoms with Crippen molar-refractivity contribution in [1.82, 2.24) is 19.5 Å². The number of carboxylic acid groups (broad SMARTS) is 1. The summed E-state index contributed by atoms with van der Waals surface area (Å²) in [5, 5.41) is 27.7. The average Bonchev–Trinajstić information content (AvgIpc) is 3.72. The van der Waals surface area contributed by atoms with Gasteiger partial charge >= 0.3 is 5.97 Å². The number of aromatic nitrogens is 4. The molecule has 46 heavy (non-hydrogen) atoms. The summed E-state index contributed by atoms with van der Waals surface area (Å²) < 4.78 is 66.8. The van der Waals surface area contributed by atoms with E-state index in [-0.39, 0.29) is 51.9 Å². The molecule has 0 amide bonds. The Morgan fingerprint density at radius 3 is 2.43 bits per heavy atom. The second-order valence-corrected chi connectivity index (χ2v) is 11.1. The summed E-state index contributed by atoms with van der Waals surface area (Å²) in [6.45, 7) is -0.0957. The highest BCUT2D eigenvalue weighted by Crippen LogP contribution is 2.50. The normalized spacial score (nSPS) is 13.3. The number of nitriles is 2. The molecule has 0 unspecified atom stereocenters. The fraction of sp³-hybridized carbons (Fsp3) is 0.212. The number of carbonyl (C=O) groups is 1. The van der Waals surface area contributed by atoms with Gasteiger partial charge in [0.2, 0.25) is 5.82 Å². The van der Waals surface area contributed by atoms with Crippen molar-refractivity contribution in [3.05, 3.63) is 106 Å². The molecule has 0 bridgehead atoms. The largest absolute Gasteiger partial charge is 0.478 e. The Hall–Kier alpha value is -5.82. The molecule has 0 spiro atoms. The number of hydrogen-bond donors (Lipinski definition) is 1. The average molecular weight is 627 g/mol. The number of aromatic carboxylic acids is 1. The third-order valence-electron chi connectivity index (χ3n) is 7.96. The molecular formula is C33H22F4N6O3. The molecule has 0 atom stereocenters. The molecule has 1 aliphatic rings. The maximum absolute atomic E-state index is 15.5. The van der Waals surface area contributed by atoms with Crippen LogP contribution >= 0.6 is 0 Å². The van der Waals surface area contributed by atoms with Crippen LogP contribution in [0, 0.1) is 51.3 Å². The lowest BCUT2D eigenvalue weighted by molar-refractivity contribution is 0.0697. The van der Waals surface area contributed by atoms with Gasteiger partial charge in [0.25, 0.3) is 5.88 Å². The van der Waals surface area contributed by atoms with Crippen molar-refractivity contribution < 1.29 is 32.2 Å². The number of carboxylic acids is 1. The zero-order valence-electron chi connectivity index (χ0n) is 23.9. The number of fused-ring (bicyclic) bond motifs is 1. The Labute approximate surface area is 259 Å². The van der Waals surface area contributed by atoms with Crippen LogP contribution in [-0.2, 0) is 19.6 Å². The van der Waals surface area contributed by atoms with E-state index in [1.54, 1.807) is 16.7 Å². The van der Waals surface area contributed by atoms with E-state index in [4.69, 9.17) is 10.00 Å². The van der Waals surface area contributed by atoms with Gasteiger partial charge in [0.15, 0.2) is 5.82 Å². The maximum atomic E-state index is 15.5. The van der Waals surface area contributed by atoms with E-state index >= 15 is 8.78 Å². The van der Waals surface area contributed by atoms with Gasteiger partial charge in [-0.15, -0.1) is 0 Å². The highest BCUT2D eigenvalue weighted by atomic mass is 19.1. The monoisotopic (exact) mass is 626 g/mol. The molecule has 0 radical (unpaired) electrons. The summed E-state index contributed by atoms with van der Waals surface area (Å²) in [4.78, 5) is 23.9. The van der Waals surface area contributed by atoms with Crippen molar-refractivity contribution >= 4 is 17.0 Å². The molecule has 9 nitrogen and oxygen atoms in total. The van der Waals surface area contributed by atoms with Crippen LogP contribution in [0.3, 0.4) is 0 Å². The fourth-order valence-electron chi connectivity index (χ4n) is 5.22. The van der Waals surface area contributed by atoms with Crippen LogP contribution in [0.2, 0.25) is 0 Å². The van der Waals surface area contributed by atoms with Gasteiger partial charge in [-0.25, -0.2) is 27.9 Å². The first-order chi connectivity index (χ1) is 22.1. The molecule has 6 rings (SSSR count). The number of benzene rings is 3. The second-order valence-electron chi connectivity index (χ2n) is 11.1. The van der Waals surface area contributed by atoms with E-state index in [0.29, 0.717) is 23.4 Å². The molecule has 0 aliphatic heterocycles. The van der Waals surface area contributed by atoms with Crippen LogP contribution in [0.15, 0.2) is 54.7 Å². The van der Waals surface area contributed by atoms with Crippen LogP contribution < -0.4 is 4.74 Å². The summed E-state index contributed by atoms with van der Waals surface area (Å²) in [5.74, 6) is -5.25. The zero-order chi connectivity index (χ0) is 32.6. The first-order valence-electron chi connectivity index (χ1n) is 14.0. The number of ether oxygens (including phenoxy) is 1. The lowest BCUT2D eigenvalue weighted by Crippen LogP contribution is -2.15. The molecule has 1 aliphatic carbocycles. The number of halogens is 4. The smallest absolute Gasteiger partial charge is 0.335 e. The number of hydrogen-bond acceptors (Lipinski definition) is 7. The topological polar surface area (TPSA) is 138 Å². The van der Waals surface area contributed by atoms with E-state index in [1.807, 2.05) is 0 Å². The molecule has 13 heteroatoms. The number of imidazole rings is 1. The van der Waals surface area contributed by atoms with Crippen molar-refractivity contribution in [3.63, 3.8) is 0 Å². The summed E-state index contributed by atoms with van der Waals surface area (Å²) in [5.41, 5.74) is 0.381. The summed E-state index contributed by atoms with van der Waals surface area (Å²) in [7, 11) is 0. The van der Waals surface area contributed by atoms with Crippen molar-refractivity contribution in [2.75, 3.05) is 0 Å². The van der Waals surface area contributed by atoms with Crippen molar-refractivity contribution in [2.45, 2.75) is 38.8 Å². The van der Waals surface area contributed by atoms with Gasteiger partial charge in [-0.2, -0.15) is 19.9 Å². The van der Waals surface area contributed by atoms with Gasteiger partial charge in [0.05, 0.1) is 46.1 Å². The molecule has 3 aromatic carbocycles. The second kappa shape index (κ2) is 11.9. The lowest BCUT2D eigenvalue weighted by Gasteiger charge is -2.16. The van der Waals surface area contributed by atoms with Crippen molar-refractivity contribution in [3.8, 4) is 29.4 Å². The van der Waals surface area contributed by atoms with E-state index < -0.39 is 41.7 Å². The predicted molar refractivity (Wildman–Crippen MR) is 154 cm³/mol. The first kappa shape index (κ1) is 30.2. The minimum atomic E-state index is -1.13. The summed E-state index contributed by atoms with van der Waals surface area (Å²) in [6, 6.07) is 13.9. The van der Waals surface area contributed by atoms with Crippen LogP contribution in [0.1, 0.15) is 52.1 Å². The Morgan fingerprint density at radius 2 is 1.74 bits per heavy atom. The fourth-order valence-corrected chi connectivity index (χ4v) is 5.22. The Bertz CT molecular complexity index is 2110. The summed E-state index contributed by atoms with van der Waals surface area (Å²) in [6.07, 6.45) is 2.44. The lowest BCUT2D eigenvalue weighted by atomic mass is 10.0. The minimum Gasteiger partial charge on any atom is -0.478 e. The first-order valence-corrected chi connectivity index (χ1v) is 14.0. The van der Waals surface area contributed by atoms with Crippen molar-refractivity contribution in [1.29, 1.82) is 10.5 Å². The number of rotatable bonds is 10. The molecule has 1 fully saturated rings. The van der Waals surface area contributed by atoms with Gasteiger partial charge in [0.1, 0.15) is 29.9 Å². The van der Waals surface area contributed by atoms with Crippen molar-refractivity contribution in [2.24, 2.45) is 5.41 Å². The molecule has 1 N–H and O–H groups in total. The van der Waals surface area contributed by atoms with Gasteiger partial charge < -0.3 is 14.4 Å². The molecule has 2 heterocycles. The molecule has 2 aromatic heterocycles. The zero-order valence-corrected chi connectivity index (χ0v) is 23.9. The third-order valence-corrected chi connectivity index (χ3v) is 7.96. The van der Waals surface area contributed by atoms with E-state index in [0.717, 1.165) is 37.2 Å². The van der Waals surface area contributed by atoms with Gasteiger partial charge in [-0.3, -0.25) is 0 Å². The van der Waals surface area contributed by atoms with E-state index in [1.165, 1.54) is 24.3 Å². The summed E-state index contributed by atoms with van der Waals surface area (Å²) >= 11 is 0. The van der Waals surface area contributed by atoms with Crippen LogP contribution in [-0.4, -0.2) is 30.6 Å². The standard InChI is InChI=1S/C33H22F4N6O3/c34-23-9-18(14-39)1-2-20(23)16-46-31-26(37)15-40-30(42-31)22-13-24(35)21(10-25(22)36)12-29-41-27-4-3-19(32(44)45)11-28(27)43(29)17-33(5-6-33)7-8-38/h1-4,9-11,13,15H,5-7,12,16-17H2,(H,44,45). The molecule has 1 saturated carbocycles. The Morgan fingerprint density at radius 1 is 0.957 bits per heavy atom. The van der Waals surface area contributed by atoms with Crippen LogP contribution in [0.25, 0.3) is 22.4 Å². The molecule has 230 valence electrons. The van der Waals surface area contributed by atoms with Crippen LogP contribution in [0.5, 0.6) is 5.88 Å². The maximum Gasteiger partial charge on any atom is 0.335 e. The quantitative estimate of drug-likeness (QED) is 0.174. The Kier molecular flexibility index (Phi) is 7.84. The molecule has 0 saturated heterocycles.